The molecular weight excluding hydrogens is 276 g/mol. The fourth-order valence-corrected chi connectivity index (χ4v) is 1.71. The Kier molecular flexibility index (Phi) is 6.81. The van der Waals surface area contributed by atoms with Crippen LogP contribution in [0.1, 0.15) is 25.8 Å². The second-order valence-electron chi connectivity index (χ2n) is 4.41. The lowest BCUT2D eigenvalue weighted by molar-refractivity contribution is -0.126. The third-order valence-electron chi connectivity index (χ3n) is 2.58. The van der Waals surface area contributed by atoms with Crippen molar-refractivity contribution in [3.05, 3.63) is 40.9 Å². The fraction of sp³-hybridized carbons (Fsp3) is 0.333. The number of amides is 2. The van der Waals surface area contributed by atoms with E-state index in [9.17, 15) is 9.59 Å². The summed E-state index contributed by atoms with van der Waals surface area (Å²) in [6.07, 6.45) is 3.90. The fourth-order valence-electron chi connectivity index (χ4n) is 1.51. The molecule has 1 rings (SSSR count). The molecule has 0 heterocycles. The first-order valence-electron chi connectivity index (χ1n) is 6.54. The Bertz CT molecular complexity index is 500. The molecule has 0 aliphatic rings. The van der Waals surface area contributed by atoms with Crippen molar-refractivity contribution in [2.75, 3.05) is 6.54 Å². The van der Waals surface area contributed by atoms with Crippen molar-refractivity contribution in [3.8, 4) is 0 Å². The van der Waals surface area contributed by atoms with Crippen LogP contribution in [0.15, 0.2) is 30.3 Å². The van der Waals surface area contributed by atoms with Crippen molar-refractivity contribution in [2.45, 2.75) is 26.3 Å². The minimum absolute atomic E-state index is 0.184. The standard InChI is InChI=1S/C15H19ClN2O2/c1-3-9-17-15(20)11(2)18-14(19)8-7-12-5-4-6-13(16)10-12/h4-8,10-11H,3,9H2,1-2H3,(H,17,20)(H,18,19)/b8-7+/t11-/m1/s1. The summed E-state index contributed by atoms with van der Waals surface area (Å²) in [6, 6.07) is 6.60. The summed E-state index contributed by atoms with van der Waals surface area (Å²) in [5.74, 6) is -0.500. The van der Waals surface area contributed by atoms with Crippen molar-refractivity contribution in [1.82, 2.24) is 10.6 Å². The second-order valence-corrected chi connectivity index (χ2v) is 4.85. The lowest BCUT2D eigenvalue weighted by Gasteiger charge is -2.12. The summed E-state index contributed by atoms with van der Waals surface area (Å²) in [5.41, 5.74) is 0.829. The van der Waals surface area contributed by atoms with Crippen LogP contribution in [0.5, 0.6) is 0 Å². The average Bonchev–Trinajstić information content (AvgIpc) is 2.42. The normalized spacial score (nSPS) is 12.2. The van der Waals surface area contributed by atoms with Crippen LogP contribution in [0.3, 0.4) is 0 Å². The van der Waals surface area contributed by atoms with Crippen LogP contribution < -0.4 is 10.6 Å². The quantitative estimate of drug-likeness (QED) is 0.792. The summed E-state index contributed by atoms with van der Waals surface area (Å²) in [5, 5.41) is 5.94. The highest BCUT2D eigenvalue weighted by atomic mass is 35.5. The zero-order chi connectivity index (χ0) is 15.0. The Morgan fingerprint density at radius 3 is 2.80 bits per heavy atom. The Morgan fingerprint density at radius 1 is 1.40 bits per heavy atom. The van der Waals surface area contributed by atoms with E-state index in [0.29, 0.717) is 11.6 Å². The predicted octanol–water partition coefficient (Wildman–Crippen LogP) is 2.38. The van der Waals surface area contributed by atoms with E-state index in [2.05, 4.69) is 10.6 Å². The largest absolute Gasteiger partial charge is 0.354 e. The third-order valence-corrected chi connectivity index (χ3v) is 2.81. The maximum absolute atomic E-state index is 11.7. The first-order chi connectivity index (χ1) is 9.52. The van der Waals surface area contributed by atoms with Crippen LogP contribution in [0.4, 0.5) is 0 Å². The third kappa shape index (κ3) is 5.89. The summed E-state index contributed by atoms with van der Waals surface area (Å²) < 4.78 is 0. The molecule has 5 heteroatoms. The lowest BCUT2D eigenvalue weighted by atomic mass is 10.2. The molecule has 0 saturated heterocycles. The number of carbonyl (C=O) groups is 2. The zero-order valence-corrected chi connectivity index (χ0v) is 12.4. The predicted molar refractivity (Wildman–Crippen MR) is 81.4 cm³/mol. The van der Waals surface area contributed by atoms with E-state index >= 15 is 0 Å². The average molecular weight is 295 g/mol. The van der Waals surface area contributed by atoms with Crippen LogP contribution in [-0.2, 0) is 9.59 Å². The molecule has 1 atom stereocenters. The minimum Gasteiger partial charge on any atom is -0.354 e. The molecule has 0 saturated carbocycles. The molecule has 0 aromatic heterocycles. The van der Waals surface area contributed by atoms with Crippen LogP contribution >= 0.6 is 11.6 Å². The number of rotatable bonds is 6. The first-order valence-corrected chi connectivity index (χ1v) is 6.92. The van der Waals surface area contributed by atoms with Gasteiger partial charge < -0.3 is 10.6 Å². The van der Waals surface area contributed by atoms with Gasteiger partial charge in [-0.05, 0) is 37.1 Å². The topological polar surface area (TPSA) is 58.2 Å². The smallest absolute Gasteiger partial charge is 0.244 e. The monoisotopic (exact) mass is 294 g/mol. The number of hydrogen-bond donors (Lipinski definition) is 2. The van der Waals surface area contributed by atoms with Gasteiger partial charge in [0.25, 0.3) is 0 Å². The molecule has 0 aliphatic carbocycles. The number of nitrogens with one attached hydrogen (secondary N) is 2. The SMILES string of the molecule is CCCNC(=O)[C@@H](C)NC(=O)/C=C/c1cccc(Cl)c1. The van der Waals surface area contributed by atoms with Crippen LogP contribution in [0.2, 0.25) is 5.02 Å². The Hall–Kier alpha value is -1.81. The highest BCUT2D eigenvalue weighted by Crippen LogP contribution is 2.11. The Balaban J connectivity index is 2.49. The minimum atomic E-state index is -0.557. The molecule has 0 aliphatic heterocycles. The van der Waals surface area contributed by atoms with Crippen molar-refractivity contribution >= 4 is 29.5 Å². The van der Waals surface area contributed by atoms with Crippen molar-refractivity contribution in [2.24, 2.45) is 0 Å². The van der Waals surface area contributed by atoms with Gasteiger partial charge in [0.15, 0.2) is 0 Å². The molecule has 2 N–H and O–H groups in total. The van der Waals surface area contributed by atoms with Gasteiger partial charge in [0.1, 0.15) is 6.04 Å². The molecule has 4 nitrogen and oxygen atoms in total. The van der Waals surface area contributed by atoms with E-state index < -0.39 is 6.04 Å². The van der Waals surface area contributed by atoms with Gasteiger partial charge in [0, 0.05) is 17.6 Å². The number of halogens is 1. The van der Waals surface area contributed by atoms with Crippen molar-refractivity contribution in [3.63, 3.8) is 0 Å². The van der Waals surface area contributed by atoms with Gasteiger partial charge in [-0.2, -0.15) is 0 Å². The number of carbonyl (C=O) groups excluding carboxylic acids is 2. The molecule has 20 heavy (non-hydrogen) atoms. The molecule has 0 radical (unpaired) electrons. The van der Waals surface area contributed by atoms with Gasteiger partial charge in [-0.15, -0.1) is 0 Å². The van der Waals surface area contributed by atoms with E-state index in [1.165, 1.54) is 6.08 Å². The summed E-state index contributed by atoms with van der Waals surface area (Å²) in [7, 11) is 0. The van der Waals surface area contributed by atoms with E-state index in [1.54, 1.807) is 31.2 Å². The van der Waals surface area contributed by atoms with Crippen molar-refractivity contribution < 1.29 is 9.59 Å². The van der Waals surface area contributed by atoms with Gasteiger partial charge in [-0.1, -0.05) is 30.7 Å². The Morgan fingerprint density at radius 2 is 2.15 bits per heavy atom. The maximum atomic E-state index is 11.7. The molecule has 0 spiro atoms. The number of benzene rings is 1. The zero-order valence-electron chi connectivity index (χ0n) is 11.7. The molecule has 108 valence electrons. The van der Waals surface area contributed by atoms with Crippen LogP contribution in [0, 0.1) is 0 Å². The molecule has 1 aromatic rings. The van der Waals surface area contributed by atoms with Crippen molar-refractivity contribution in [1.29, 1.82) is 0 Å². The summed E-state index contributed by atoms with van der Waals surface area (Å²) in [6.45, 7) is 4.23. The molecular formula is C15H19ClN2O2. The van der Waals surface area contributed by atoms with Gasteiger partial charge >= 0.3 is 0 Å². The van der Waals surface area contributed by atoms with Gasteiger partial charge in [-0.25, -0.2) is 0 Å². The van der Waals surface area contributed by atoms with Gasteiger partial charge in [-0.3, -0.25) is 9.59 Å². The van der Waals surface area contributed by atoms with Gasteiger partial charge in [0.2, 0.25) is 11.8 Å². The van der Waals surface area contributed by atoms with Gasteiger partial charge in [0.05, 0.1) is 0 Å². The van der Waals surface area contributed by atoms with Crippen LogP contribution in [0.25, 0.3) is 6.08 Å². The highest BCUT2D eigenvalue weighted by Gasteiger charge is 2.12. The van der Waals surface area contributed by atoms with E-state index in [1.807, 2.05) is 13.0 Å². The molecule has 0 fully saturated rings. The molecule has 0 unspecified atom stereocenters. The van der Waals surface area contributed by atoms with E-state index in [4.69, 9.17) is 11.6 Å². The highest BCUT2D eigenvalue weighted by molar-refractivity contribution is 6.30. The Labute approximate surface area is 124 Å². The molecule has 1 aromatic carbocycles. The van der Waals surface area contributed by atoms with Crippen LogP contribution in [-0.4, -0.2) is 24.4 Å². The second kappa shape index (κ2) is 8.38. The summed E-state index contributed by atoms with van der Waals surface area (Å²) >= 11 is 5.85. The number of hydrogen-bond acceptors (Lipinski definition) is 2. The molecule has 2 amide bonds. The lowest BCUT2D eigenvalue weighted by Crippen LogP contribution is -2.44. The molecule has 0 bridgehead atoms. The summed E-state index contributed by atoms with van der Waals surface area (Å²) in [4.78, 5) is 23.3. The van der Waals surface area contributed by atoms with E-state index in [0.717, 1.165) is 12.0 Å². The maximum Gasteiger partial charge on any atom is 0.244 e. The van der Waals surface area contributed by atoms with E-state index in [-0.39, 0.29) is 11.8 Å². The first kappa shape index (κ1) is 16.2.